The zero-order valence-electron chi connectivity index (χ0n) is 14.3. The minimum Gasteiger partial charge on any atom is -0.267 e. The molecule has 3 aromatic rings. The minimum absolute atomic E-state index is 0.406. The molecule has 0 saturated carbocycles. The standard InChI is InChI=1S/C19H17BrN4O2/c1-12-17(13(2)24(23-12)14-8-4-3-5-9-14)19(26)22-21-18(25)15-10-6-7-11-16(15)20/h3-11H,1-2H3,(H,21,25)(H,22,26). The Morgan fingerprint density at radius 1 is 0.923 bits per heavy atom. The van der Waals surface area contributed by atoms with Gasteiger partial charge in [0.25, 0.3) is 11.8 Å². The highest BCUT2D eigenvalue weighted by Gasteiger charge is 2.20. The maximum atomic E-state index is 12.6. The smallest absolute Gasteiger partial charge is 0.267 e. The Bertz CT molecular complexity index is 967. The second-order valence-corrected chi connectivity index (χ2v) is 6.54. The molecule has 2 N–H and O–H groups in total. The number of nitrogens with zero attached hydrogens (tertiary/aromatic N) is 2. The maximum absolute atomic E-state index is 12.6. The van der Waals surface area contributed by atoms with Crippen molar-refractivity contribution in [2.45, 2.75) is 13.8 Å². The van der Waals surface area contributed by atoms with E-state index in [-0.39, 0.29) is 0 Å². The molecule has 0 aliphatic heterocycles. The van der Waals surface area contributed by atoms with Crippen LogP contribution >= 0.6 is 15.9 Å². The third kappa shape index (κ3) is 3.52. The van der Waals surface area contributed by atoms with Crippen molar-refractivity contribution in [3.63, 3.8) is 0 Å². The van der Waals surface area contributed by atoms with Crippen LogP contribution in [-0.4, -0.2) is 21.6 Å². The Morgan fingerprint density at radius 2 is 1.54 bits per heavy atom. The normalized spacial score (nSPS) is 10.4. The number of carbonyl (C=O) groups is 2. The van der Waals surface area contributed by atoms with Gasteiger partial charge in [-0.1, -0.05) is 30.3 Å². The molecule has 0 fully saturated rings. The van der Waals surface area contributed by atoms with Crippen LogP contribution in [0.3, 0.4) is 0 Å². The molecule has 6 nitrogen and oxygen atoms in total. The summed E-state index contributed by atoms with van der Waals surface area (Å²) >= 11 is 3.31. The van der Waals surface area contributed by atoms with Crippen molar-refractivity contribution in [3.8, 4) is 5.69 Å². The van der Waals surface area contributed by atoms with E-state index in [0.29, 0.717) is 27.0 Å². The average molecular weight is 413 g/mol. The summed E-state index contributed by atoms with van der Waals surface area (Å²) in [5, 5.41) is 4.44. The SMILES string of the molecule is Cc1nn(-c2ccccc2)c(C)c1C(=O)NNC(=O)c1ccccc1Br. The van der Waals surface area contributed by atoms with Crippen LogP contribution in [0.2, 0.25) is 0 Å². The number of rotatable bonds is 3. The van der Waals surface area contributed by atoms with Gasteiger partial charge in [0, 0.05) is 4.47 Å². The van der Waals surface area contributed by atoms with Gasteiger partial charge in [-0.3, -0.25) is 20.4 Å². The number of hydrogen-bond donors (Lipinski definition) is 2. The van der Waals surface area contributed by atoms with E-state index < -0.39 is 11.8 Å². The van der Waals surface area contributed by atoms with Gasteiger partial charge in [0.05, 0.1) is 28.2 Å². The number of benzene rings is 2. The highest BCUT2D eigenvalue weighted by atomic mass is 79.9. The lowest BCUT2D eigenvalue weighted by Gasteiger charge is -2.09. The monoisotopic (exact) mass is 412 g/mol. The maximum Gasteiger partial charge on any atom is 0.273 e. The Morgan fingerprint density at radius 3 is 2.23 bits per heavy atom. The molecule has 3 rings (SSSR count). The van der Waals surface area contributed by atoms with Crippen molar-refractivity contribution in [3.05, 3.63) is 81.6 Å². The number of aryl methyl sites for hydroxylation is 1. The topological polar surface area (TPSA) is 76.0 Å². The lowest BCUT2D eigenvalue weighted by atomic mass is 10.2. The number of hydrazine groups is 1. The van der Waals surface area contributed by atoms with Gasteiger partial charge in [0.15, 0.2) is 0 Å². The number of hydrogen-bond acceptors (Lipinski definition) is 3. The molecule has 1 heterocycles. The van der Waals surface area contributed by atoms with E-state index >= 15 is 0 Å². The van der Waals surface area contributed by atoms with Crippen molar-refractivity contribution < 1.29 is 9.59 Å². The summed E-state index contributed by atoms with van der Waals surface area (Å²) < 4.78 is 2.36. The molecule has 0 atom stereocenters. The second-order valence-electron chi connectivity index (χ2n) is 5.68. The van der Waals surface area contributed by atoms with E-state index in [1.807, 2.05) is 43.3 Å². The summed E-state index contributed by atoms with van der Waals surface area (Å²) in [7, 11) is 0. The number of carbonyl (C=O) groups excluding carboxylic acids is 2. The fourth-order valence-electron chi connectivity index (χ4n) is 2.68. The molecule has 7 heteroatoms. The number of amides is 2. The minimum atomic E-state index is -0.414. The fourth-order valence-corrected chi connectivity index (χ4v) is 3.15. The fraction of sp³-hybridized carbons (Fsp3) is 0.105. The zero-order valence-corrected chi connectivity index (χ0v) is 15.9. The molecule has 1 aromatic heterocycles. The van der Waals surface area contributed by atoms with Gasteiger partial charge < -0.3 is 0 Å². The van der Waals surface area contributed by atoms with Crippen molar-refractivity contribution in [2.24, 2.45) is 0 Å². The molecular weight excluding hydrogens is 396 g/mol. The molecule has 2 aromatic carbocycles. The van der Waals surface area contributed by atoms with E-state index in [9.17, 15) is 9.59 Å². The van der Waals surface area contributed by atoms with Gasteiger partial charge in [0.2, 0.25) is 0 Å². The zero-order chi connectivity index (χ0) is 18.7. The molecule has 0 unspecified atom stereocenters. The Kier molecular flexibility index (Phi) is 5.18. The molecule has 0 bridgehead atoms. The third-order valence-corrected chi connectivity index (χ3v) is 4.62. The molecular formula is C19H17BrN4O2. The lowest BCUT2D eigenvalue weighted by molar-refractivity contribution is 0.0845. The van der Waals surface area contributed by atoms with Crippen LogP contribution in [0.4, 0.5) is 0 Å². The highest BCUT2D eigenvalue weighted by Crippen LogP contribution is 2.18. The summed E-state index contributed by atoms with van der Waals surface area (Å²) in [4.78, 5) is 24.8. The molecule has 0 spiro atoms. The Balaban J connectivity index is 1.78. The molecule has 2 amide bonds. The van der Waals surface area contributed by atoms with Crippen LogP contribution in [0.15, 0.2) is 59.1 Å². The van der Waals surface area contributed by atoms with Crippen molar-refractivity contribution in [2.75, 3.05) is 0 Å². The van der Waals surface area contributed by atoms with Crippen molar-refractivity contribution in [1.82, 2.24) is 20.6 Å². The van der Waals surface area contributed by atoms with Crippen LogP contribution < -0.4 is 10.9 Å². The number of nitrogens with one attached hydrogen (secondary N) is 2. The third-order valence-electron chi connectivity index (χ3n) is 3.93. The molecule has 26 heavy (non-hydrogen) atoms. The molecule has 0 aliphatic rings. The van der Waals surface area contributed by atoms with Gasteiger partial charge in [0.1, 0.15) is 0 Å². The van der Waals surface area contributed by atoms with Crippen LogP contribution in [0, 0.1) is 13.8 Å². The van der Waals surface area contributed by atoms with E-state index in [1.54, 1.807) is 29.8 Å². The van der Waals surface area contributed by atoms with Gasteiger partial charge in [-0.25, -0.2) is 4.68 Å². The second kappa shape index (κ2) is 7.53. The lowest BCUT2D eigenvalue weighted by Crippen LogP contribution is -2.42. The van der Waals surface area contributed by atoms with E-state index in [4.69, 9.17) is 0 Å². The summed E-state index contributed by atoms with van der Waals surface area (Å²) in [5.41, 5.74) is 7.90. The first-order valence-electron chi connectivity index (χ1n) is 7.96. The van der Waals surface area contributed by atoms with Crippen LogP contribution in [0.25, 0.3) is 5.69 Å². The number of para-hydroxylation sites is 1. The van der Waals surface area contributed by atoms with Gasteiger partial charge >= 0.3 is 0 Å². The van der Waals surface area contributed by atoms with E-state index in [0.717, 1.165) is 5.69 Å². The largest absolute Gasteiger partial charge is 0.273 e. The van der Waals surface area contributed by atoms with Crippen LogP contribution in [0.5, 0.6) is 0 Å². The van der Waals surface area contributed by atoms with E-state index in [1.165, 1.54) is 0 Å². The summed E-state index contributed by atoms with van der Waals surface area (Å²) in [5.74, 6) is -0.820. The van der Waals surface area contributed by atoms with Crippen molar-refractivity contribution >= 4 is 27.7 Å². The van der Waals surface area contributed by atoms with Gasteiger partial charge in [-0.2, -0.15) is 5.10 Å². The first-order chi connectivity index (χ1) is 12.5. The number of aromatic nitrogens is 2. The van der Waals surface area contributed by atoms with Crippen molar-refractivity contribution in [1.29, 1.82) is 0 Å². The molecule has 0 saturated heterocycles. The predicted octanol–water partition coefficient (Wildman–Crippen LogP) is 3.33. The molecule has 132 valence electrons. The summed E-state index contributed by atoms with van der Waals surface area (Å²) in [6, 6.07) is 16.5. The molecule has 0 radical (unpaired) electrons. The van der Waals surface area contributed by atoms with Crippen LogP contribution in [0.1, 0.15) is 32.1 Å². The van der Waals surface area contributed by atoms with Crippen LogP contribution in [-0.2, 0) is 0 Å². The van der Waals surface area contributed by atoms with Gasteiger partial charge in [-0.15, -0.1) is 0 Å². The van der Waals surface area contributed by atoms with Gasteiger partial charge in [-0.05, 0) is 54.0 Å². The van der Waals surface area contributed by atoms with E-state index in [2.05, 4.69) is 31.9 Å². The number of halogens is 1. The first-order valence-corrected chi connectivity index (χ1v) is 8.75. The summed E-state index contributed by atoms with van der Waals surface area (Å²) in [6.45, 7) is 3.58. The predicted molar refractivity (Wildman–Crippen MR) is 102 cm³/mol. The average Bonchev–Trinajstić information content (AvgIpc) is 2.95. The Labute approximate surface area is 159 Å². The summed E-state index contributed by atoms with van der Waals surface area (Å²) in [6.07, 6.45) is 0. The molecule has 0 aliphatic carbocycles. The highest BCUT2D eigenvalue weighted by molar-refractivity contribution is 9.10. The Hall–Kier alpha value is -2.93. The first kappa shape index (κ1) is 17.9. The quantitative estimate of drug-likeness (QED) is 0.647.